The largest absolute Gasteiger partial charge is 0.484 e. The molecule has 0 saturated carbocycles. The summed E-state index contributed by atoms with van der Waals surface area (Å²) < 4.78 is 33.1. The summed E-state index contributed by atoms with van der Waals surface area (Å²) in [4.78, 5) is 37.6. The normalized spacial score (nSPS) is 13.5. The molecule has 2 amide bonds. The number of carbonyl (C=O) groups is 2. The topological polar surface area (TPSA) is 152 Å². The van der Waals surface area contributed by atoms with Crippen LogP contribution in [-0.2, 0) is 19.6 Å². The Bertz CT molecular complexity index is 1510. The quantitative estimate of drug-likeness (QED) is 0.208. The number of piperidine rings is 1. The van der Waals surface area contributed by atoms with Crippen LogP contribution in [0.2, 0.25) is 0 Å². The molecular formula is C28H29N5O7S. The van der Waals surface area contributed by atoms with Crippen molar-refractivity contribution in [3.05, 3.63) is 94.5 Å². The standard InChI is InChI=1S/C28H29N5O7S/c34-27(30-29-19-22-13-15-23(16-14-22)40-21-28(35)31-17-7-2-8-18-31)20-32(25-11-5-6-12-26(25)33(36)37)41(38,39)24-9-3-1-4-10-24/h1,3-6,9-16,19H,2,7-8,17-18,20-21H2,(H,30,34)/b29-19-. The van der Waals surface area contributed by atoms with E-state index in [1.807, 2.05) is 0 Å². The Kier molecular flexibility index (Phi) is 9.64. The van der Waals surface area contributed by atoms with Gasteiger partial charge in [0.2, 0.25) is 0 Å². The second-order valence-electron chi connectivity index (χ2n) is 9.16. The molecule has 0 bridgehead atoms. The van der Waals surface area contributed by atoms with E-state index in [0.29, 0.717) is 15.6 Å². The number of rotatable bonds is 11. The van der Waals surface area contributed by atoms with Gasteiger partial charge in [0.05, 0.1) is 16.0 Å². The van der Waals surface area contributed by atoms with E-state index in [1.54, 1.807) is 35.2 Å². The Morgan fingerprint density at radius 3 is 2.32 bits per heavy atom. The highest BCUT2D eigenvalue weighted by Crippen LogP contribution is 2.31. The van der Waals surface area contributed by atoms with Crippen molar-refractivity contribution < 1.29 is 27.7 Å². The molecule has 3 aromatic rings. The maximum Gasteiger partial charge on any atom is 0.293 e. The summed E-state index contributed by atoms with van der Waals surface area (Å²) in [6, 6.07) is 19.3. The van der Waals surface area contributed by atoms with Crippen molar-refractivity contribution in [2.45, 2.75) is 24.2 Å². The number of anilines is 1. The molecule has 0 aliphatic carbocycles. The predicted molar refractivity (Wildman–Crippen MR) is 152 cm³/mol. The van der Waals surface area contributed by atoms with Crippen molar-refractivity contribution in [1.29, 1.82) is 0 Å². The summed E-state index contributed by atoms with van der Waals surface area (Å²) in [7, 11) is -4.33. The van der Waals surface area contributed by atoms with Crippen LogP contribution in [-0.4, -0.2) is 62.5 Å². The minimum Gasteiger partial charge on any atom is -0.484 e. The van der Waals surface area contributed by atoms with Crippen LogP contribution >= 0.6 is 0 Å². The fraction of sp³-hybridized carbons (Fsp3) is 0.250. The van der Waals surface area contributed by atoms with Crippen LogP contribution in [0.5, 0.6) is 5.75 Å². The summed E-state index contributed by atoms with van der Waals surface area (Å²) in [6.45, 7) is 0.700. The molecule has 41 heavy (non-hydrogen) atoms. The third-order valence-corrected chi connectivity index (χ3v) is 8.09. The van der Waals surface area contributed by atoms with Crippen LogP contribution in [0.3, 0.4) is 0 Å². The molecule has 1 heterocycles. The highest BCUT2D eigenvalue weighted by atomic mass is 32.2. The first-order valence-corrected chi connectivity index (χ1v) is 14.3. The minimum absolute atomic E-state index is 0.0501. The molecular weight excluding hydrogens is 550 g/mol. The number of hydrogen-bond donors (Lipinski definition) is 1. The Hall–Kier alpha value is -4.78. The number of ether oxygens (including phenoxy) is 1. The molecule has 4 rings (SSSR count). The highest BCUT2D eigenvalue weighted by molar-refractivity contribution is 7.92. The van der Waals surface area contributed by atoms with E-state index in [-0.39, 0.29) is 23.1 Å². The SMILES string of the molecule is O=C(CN(c1ccccc1[N+](=O)[O-])S(=O)(=O)c1ccccc1)N/N=C\c1ccc(OCC(=O)N2CCCCC2)cc1. The number of nitro groups is 1. The van der Waals surface area contributed by atoms with E-state index in [4.69, 9.17) is 4.74 Å². The van der Waals surface area contributed by atoms with Gasteiger partial charge in [0.1, 0.15) is 18.0 Å². The van der Waals surface area contributed by atoms with Gasteiger partial charge in [0.25, 0.3) is 27.5 Å². The third kappa shape index (κ3) is 7.66. The van der Waals surface area contributed by atoms with Crippen molar-refractivity contribution >= 4 is 39.4 Å². The molecule has 1 fully saturated rings. The van der Waals surface area contributed by atoms with E-state index in [0.717, 1.165) is 38.4 Å². The number of nitro benzene ring substituents is 1. The van der Waals surface area contributed by atoms with Gasteiger partial charge in [0, 0.05) is 19.2 Å². The summed E-state index contributed by atoms with van der Waals surface area (Å²) in [5.41, 5.74) is 2.15. The average molecular weight is 580 g/mol. The molecule has 1 saturated heterocycles. The zero-order valence-corrected chi connectivity index (χ0v) is 22.9. The average Bonchev–Trinajstić information content (AvgIpc) is 3.00. The van der Waals surface area contributed by atoms with Gasteiger partial charge < -0.3 is 9.64 Å². The maximum absolute atomic E-state index is 13.4. The number of hydrogen-bond acceptors (Lipinski definition) is 8. The van der Waals surface area contributed by atoms with Crippen molar-refractivity contribution in [2.75, 3.05) is 30.5 Å². The van der Waals surface area contributed by atoms with Crippen molar-refractivity contribution in [3.63, 3.8) is 0 Å². The number of nitrogens with one attached hydrogen (secondary N) is 1. The molecule has 0 aromatic heterocycles. The fourth-order valence-electron chi connectivity index (χ4n) is 4.22. The van der Waals surface area contributed by atoms with Gasteiger partial charge in [-0.3, -0.25) is 19.7 Å². The van der Waals surface area contributed by atoms with Gasteiger partial charge in [0.15, 0.2) is 6.61 Å². The summed E-state index contributed by atoms with van der Waals surface area (Å²) >= 11 is 0. The highest BCUT2D eigenvalue weighted by Gasteiger charge is 2.31. The molecule has 3 aromatic carbocycles. The molecule has 214 valence electrons. The molecule has 1 N–H and O–H groups in total. The molecule has 0 spiro atoms. The zero-order chi connectivity index (χ0) is 29.2. The number of carbonyl (C=O) groups excluding carboxylic acids is 2. The lowest BCUT2D eigenvalue weighted by atomic mass is 10.1. The first-order valence-electron chi connectivity index (χ1n) is 12.9. The molecule has 13 heteroatoms. The van der Waals surface area contributed by atoms with Gasteiger partial charge in [-0.25, -0.2) is 18.1 Å². The lowest BCUT2D eigenvalue weighted by Crippen LogP contribution is -2.39. The third-order valence-electron chi connectivity index (χ3n) is 6.32. The number of likely N-dealkylation sites (tertiary alicyclic amines) is 1. The number of sulfonamides is 1. The monoisotopic (exact) mass is 579 g/mol. The first kappa shape index (κ1) is 29.2. The predicted octanol–water partition coefficient (Wildman–Crippen LogP) is 3.33. The first-order chi connectivity index (χ1) is 19.8. The van der Waals surface area contributed by atoms with Crippen molar-refractivity contribution in [3.8, 4) is 5.75 Å². The van der Waals surface area contributed by atoms with Gasteiger partial charge in [-0.1, -0.05) is 30.3 Å². The summed E-state index contributed by atoms with van der Waals surface area (Å²) in [5, 5.41) is 15.5. The van der Waals surface area contributed by atoms with Crippen LogP contribution in [0.1, 0.15) is 24.8 Å². The van der Waals surface area contributed by atoms with Gasteiger partial charge >= 0.3 is 0 Å². The smallest absolute Gasteiger partial charge is 0.293 e. The van der Waals surface area contributed by atoms with Gasteiger partial charge in [-0.15, -0.1) is 0 Å². The van der Waals surface area contributed by atoms with Crippen LogP contribution in [0.4, 0.5) is 11.4 Å². The number of hydrazone groups is 1. The Morgan fingerprint density at radius 1 is 0.976 bits per heavy atom. The number of para-hydroxylation sites is 2. The molecule has 1 aliphatic heterocycles. The van der Waals surface area contributed by atoms with Crippen LogP contribution in [0.25, 0.3) is 0 Å². The maximum atomic E-state index is 13.4. The zero-order valence-electron chi connectivity index (χ0n) is 22.1. The van der Waals surface area contributed by atoms with Crippen LogP contribution < -0.4 is 14.5 Å². The van der Waals surface area contributed by atoms with E-state index in [9.17, 15) is 28.1 Å². The fourth-order valence-corrected chi connectivity index (χ4v) is 5.68. The molecule has 0 radical (unpaired) electrons. The lowest BCUT2D eigenvalue weighted by Gasteiger charge is -2.26. The van der Waals surface area contributed by atoms with E-state index in [2.05, 4.69) is 10.5 Å². The Morgan fingerprint density at radius 2 is 1.63 bits per heavy atom. The second-order valence-corrected chi connectivity index (χ2v) is 11.0. The molecule has 1 aliphatic rings. The van der Waals surface area contributed by atoms with Gasteiger partial charge in [-0.05, 0) is 67.3 Å². The van der Waals surface area contributed by atoms with Crippen LogP contribution in [0, 0.1) is 10.1 Å². The minimum atomic E-state index is -4.33. The molecule has 0 unspecified atom stereocenters. The lowest BCUT2D eigenvalue weighted by molar-refractivity contribution is -0.384. The van der Waals surface area contributed by atoms with Crippen molar-refractivity contribution in [1.82, 2.24) is 10.3 Å². The van der Waals surface area contributed by atoms with Gasteiger partial charge in [-0.2, -0.15) is 5.10 Å². The summed E-state index contributed by atoms with van der Waals surface area (Å²) in [5.74, 6) is -0.361. The molecule has 0 atom stereocenters. The Labute approximate surface area is 237 Å². The number of amides is 2. The second kappa shape index (κ2) is 13.5. The number of nitrogens with zero attached hydrogens (tertiary/aromatic N) is 4. The van der Waals surface area contributed by atoms with E-state index in [1.165, 1.54) is 48.7 Å². The summed E-state index contributed by atoms with van der Waals surface area (Å²) in [6.07, 6.45) is 4.49. The van der Waals surface area contributed by atoms with E-state index >= 15 is 0 Å². The van der Waals surface area contributed by atoms with Crippen LogP contribution in [0.15, 0.2) is 88.9 Å². The number of benzene rings is 3. The molecule has 12 nitrogen and oxygen atoms in total. The van der Waals surface area contributed by atoms with E-state index < -0.39 is 33.1 Å². The Balaban J connectivity index is 1.40. The van der Waals surface area contributed by atoms with Crippen molar-refractivity contribution in [2.24, 2.45) is 5.10 Å².